The topological polar surface area (TPSA) is 29.5 Å². The zero-order valence-electron chi connectivity index (χ0n) is 10.2. The van der Waals surface area contributed by atoms with Crippen molar-refractivity contribution in [3.63, 3.8) is 0 Å². The molecule has 0 aliphatic carbocycles. The third-order valence-corrected chi connectivity index (χ3v) is 1.42. The average Bonchev–Trinajstić information content (AvgIpc) is 2.18. The fraction of sp³-hybridized carbons (Fsp3) is 0.333. The molecule has 2 nitrogen and oxygen atoms in total. The van der Waals surface area contributed by atoms with Crippen LogP contribution in [0, 0.1) is 0 Å². The Morgan fingerprint density at radius 3 is 2.73 bits per heavy atom. The van der Waals surface area contributed by atoms with E-state index in [0.29, 0.717) is 11.3 Å². The first kappa shape index (κ1) is 4.12. The Morgan fingerprint density at radius 2 is 2.27 bits per heavy atom. The van der Waals surface area contributed by atoms with Crippen LogP contribution in [-0.4, -0.2) is 13.6 Å². The number of ether oxygens (including phenoxy) is 1. The van der Waals surface area contributed by atoms with Gasteiger partial charge in [0.05, 0.1) is 13.2 Å². The Balaban J connectivity index is 2.93. The minimum Gasteiger partial charge on any atom is -0.497 e. The molecule has 0 saturated carbocycles. The number of aliphatic hydroxyl groups excluding tert-OH is 1. The molecule has 0 aromatic heterocycles. The van der Waals surface area contributed by atoms with E-state index in [1.54, 1.807) is 24.3 Å². The van der Waals surface area contributed by atoms with Crippen LogP contribution < -0.4 is 4.74 Å². The van der Waals surface area contributed by atoms with Crippen LogP contribution in [0.4, 0.5) is 0 Å². The zero-order chi connectivity index (χ0) is 11.5. The molecule has 0 heterocycles. The van der Waals surface area contributed by atoms with Crippen LogP contribution in [0.3, 0.4) is 0 Å². The van der Waals surface area contributed by atoms with Gasteiger partial charge in [0.1, 0.15) is 5.75 Å². The fourth-order valence-electron chi connectivity index (χ4n) is 0.779. The van der Waals surface area contributed by atoms with E-state index in [9.17, 15) is 0 Å². The van der Waals surface area contributed by atoms with Gasteiger partial charge >= 0.3 is 0 Å². The van der Waals surface area contributed by atoms with Gasteiger partial charge < -0.3 is 9.85 Å². The minimum absolute atomic E-state index is 0.436. The summed E-state index contributed by atoms with van der Waals surface area (Å²) in [6.07, 6.45) is -1.22. The molecule has 1 unspecified atom stereocenters. The van der Waals surface area contributed by atoms with Crippen LogP contribution in [0.15, 0.2) is 24.3 Å². The summed E-state index contributed by atoms with van der Waals surface area (Å²) in [6.45, 7) is -2.34. The standard InChI is InChI=1S/C9H12O2/c1-7(10)8-3-5-9(11-2)6-4-8/h3-7,10H,1-2H3/i1D3,10D. The van der Waals surface area contributed by atoms with Crippen LogP contribution in [0.25, 0.3) is 0 Å². The number of hydrogen-bond donors (Lipinski definition) is 1. The largest absolute Gasteiger partial charge is 0.497 e. The highest BCUT2D eigenvalue weighted by Crippen LogP contribution is 2.16. The lowest BCUT2D eigenvalue weighted by Gasteiger charge is -2.04. The summed E-state index contributed by atoms with van der Waals surface area (Å²) in [4.78, 5) is 0. The van der Waals surface area contributed by atoms with Gasteiger partial charge in [-0.15, -0.1) is 0 Å². The predicted molar refractivity (Wildman–Crippen MR) is 43.6 cm³/mol. The molecular weight excluding hydrogens is 140 g/mol. The van der Waals surface area contributed by atoms with Crippen LogP contribution in [0.2, 0.25) is 0 Å². The lowest BCUT2D eigenvalue weighted by molar-refractivity contribution is 0.199. The second-order valence-electron chi connectivity index (χ2n) is 2.15. The van der Waals surface area contributed by atoms with Crippen molar-refractivity contribution >= 4 is 0 Å². The van der Waals surface area contributed by atoms with Crippen LogP contribution >= 0.6 is 0 Å². The molecule has 0 aliphatic heterocycles. The molecule has 11 heavy (non-hydrogen) atoms. The maximum Gasteiger partial charge on any atom is 0.211 e. The molecule has 0 bridgehead atoms. The van der Waals surface area contributed by atoms with Crippen molar-refractivity contribution in [2.75, 3.05) is 7.11 Å². The van der Waals surface area contributed by atoms with Crippen molar-refractivity contribution in [1.29, 1.82) is 1.43 Å². The predicted octanol–water partition coefficient (Wildman–Crippen LogP) is 1.75. The van der Waals surface area contributed by atoms with Crippen molar-refractivity contribution in [3.05, 3.63) is 29.8 Å². The molecule has 0 fully saturated rings. The monoisotopic (exact) mass is 156 g/mol. The van der Waals surface area contributed by atoms with Gasteiger partial charge in [0.15, 0.2) is 0 Å². The van der Waals surface area contributed by atoms with Gasteiger partial charge in [-0.05, 0) is 24.5 Å². The van der Waals surface area contributed by atoms with Crippen molar-refractivity contribution < 1.29 is 14.0 Å². The fourth-order valence-corrected chi connectivity index (χ4v) is 0.779. The molecule has 1 aromatic carbocycles. The molecule has 1 aromatic rings. The van der Waals surface area contributed by atoms with E-state index in [4.69, 9.17) is 10.3 Å². The number of rotatable bonds is 3. The van der Waals surface area contributed by atoms with E-state index >= 15 is 0 Å². The van der Waals surface area contributed by atoms with Gasteiger partial charge in [0.2, 0.25) is 1.43 Å². The molecule has 0 saturated heterocycles. The Bertz CT molecular complexity index is 307. The lowest BCUT2D eigenvalue weighted by atomic mass is 10.1. The first-order valence-corrected chi connectivity index (χ1v) is 3.25. The van der Waals surface area contributed by atoms with Gasteiger partial charge in [0, 0.05) is 4.11 Å². The molecule has 0 aliphatic rings. The molecule has 1 atom stereocenters. The Hall–Kier alpha value is -1.02. The average molecular weight is 156 g/mol. The lowest BCUT2D eigenvalue weighted by Crippen LogP contribution is -1.90. The smallest absolute Gasteiger partial charge is 0.211 e. The third-order valence-electron chi connectivity index (χ3n) is 1.42. The van der Waals surface area contributed by atoms with E-state index < -0.39 is 13.0 Å². The maximum absolute atomic E-state index is 7.18. The Morgan fingerprint density at radius 1 is 1.55 bits per heavy atom. The maximum atomic E-state index is 7.18. The van der Waals surface area contributed by atoms with Gasteiger partial charge in [-0.2, -0.15) is 0 Å². The number of benzene rings is 1. The Kier molecular flexibility index (Phi) is 1.27. The van der Waals surface area contributed by atoms with E-state index in [2.05, 4.69) is 5.11 Å². The number of aliphatic hydroxyl groups is 1. The van der Waals surface area contributed by atoms with E-state index in [1.165, 1.54) is 7.11 Å². The minimum atomic E-state index is -2.34. The van der Waals surface area contributed by atoms with Crippen molar-refractivity contribution in [1.82, 2.24) is 0 Å². The van der Waals surface area contributed by atoms with E-state index in [0.717, 1.165) is 0 Å². The zero-order valence-corrected chi connectivity index (χ0v) is 6.20. The first-order chi connectivity index (χ1) is 6.99. The second kappa shape index (κ2) is 3.39. The summed E-state index contributed by atoms with van der Waals surface area (Å²) in [7, 11) is 1.53. The van der Waals surface area contributed by atoms with Crippen molar-refractivity contribution in [2.45, 2.75) is 13.0 Å². The highest BCUT2D eigenvalue weighted by molar-refractivity contribution is 5.27. The summed E-state index contributed by atoms with van der Waals surface area (Å²) in [5.41, 5.74) is 0.436. The van der Waals surface area contributed by atoms with E-state index in [1.807, 2.05) is 0 Å². The molecule has 1 N–H and O–H groups in total. The Labute approximate surface area is 72.1 Å². The van der Waals surface area contributed by atoms with Crippen LogP contribution in [-0.2, 0) is 0 Å². The van der Waals surface area contributed by atoms with Crippen molar-refractivity contribution in [3.8, 4) is 5.75 Å². The molecule has 0 spiro atoms. The molecule has 0 radical (unpaired) electrons. The van der Waals surface area contributed by atoms with Gasteiger partial charge in [0.25, 0.3) is 0 Å². The normalized spacial score (nSPS) is 19.0. The molecule has 60 valence electrons. The molecule has 1 rings (SSSR count). The number of hydrogen-bond acceptors (Lipinski definition) is 2. The van der Waals surface area contributed by atoms with Gasteiger partial charge in [-0.3, -0.25) is 0 Å². The van der Waals surface area contributed by atoms with Crippen LogP contribution in [0.1, 0.15) is 22.6 Å². The summed E-state index contributed by atoms with van der Waals surface area (Å²) in [5, 5.41) is 4.22. The van der Waals surface area contributed by atoms with Crippen LogP contribution in [0.5, 0.6) is 5.75 Å². The summed E-state index contributed by atoms with van der Waals surface area (Å²) in [5.74, 6) is 0.632. The SMILES string of the molecule is [2H]OC(c1ccc(OC)cc1)C([2H])([2H])[2H]. The molecular formula is C9H12O2. The number of methoxy groups -OCH3 is 1. The highest BCUT2D eigenvalue weighted by Gasteiger charge is 1.98. The van der Waals surface area contributed by atoms with Gasteiger partial charge in [-0.1, -0.05) is 12.1 Å². The second-order valence-corrected chi connectivity index (χ2v) is 2.15. The van der Waals surface area contributed by atoms with Gasteiger partial charge in [-0.25, -0.2) is 0 Å². The quantitative estimate of drug-likeness (QED) is 0.722. The molecule has 0 amide bonds. The summed E-state index contributed by atoms with van der Waals surface area (Å²) < 4.78 is 33.2. The summed E-state index contributed by atoms with van der Waals surface area (Å²) in [6, 6.07) is 6.41. The first-order valence-electron chi connectivity index (χ1n) is 5.16. The van der Waals surface area contributed by atoms with Crippen molar-refractivity contribution in [2.24, 2.45) is 0 Å². The summed E-state index contributed by atoms with van der Waals surface area (Å²) >= 11 is 0. The highest BCUT2D eigenvalue weighted by atomic mass is 16.5. The van der Waals surface area contributed by atoms with E-state index in [-0.39, 0.29) is 0 Å². The molecule has 2 heteroatoms. The third kappa shape index (κ3) is 1.95.